The van der Waals surface area contributed by atoms with Crippen molar-refractivity contribution in [1.82, 2.24) is 15.1 Å². The fraction of sp³-hybridized carbons (Fsp3) is 0.611. The molecule has 1 unspecified atom stereocenters. The Bertz CT molecular complexity index is 560. The van der Waals surface area contributed by atoms with E-state index in [2.05, 4.69) is 10.2 Å². The monoisotopic (exact) mass is 334 g/mol. The molecule has 1 atom stereocenters. The maximum atomic E-state index is 13.9. The van der Waals surface area contributed by atoms with Crippen molar-refractivity contribution < 1.29 is 9.18 Å². The van der Waals surface area contributed by atoms with E-state index in [-0.39, 0.29) is 11.7 Å². The highest BCUT2D eigenvalue weighted by molar-refractivity contribution is 5.78. The number of piperazine rings is 1. The van der Waals surface area contributed by atoms with Crippen molar-refractivity contribution >= 4 is 11.6 Å². The fourth-order valence-corrected chi connectivity index (χ4v) is 3.63. The first-order valence-electron chi connectivity index (χ1n) is 8.84. The van der Waals surface area contributed by atoms with Gasteiger partial charge in [0, 0.05) is 38.8 Å². The highest BCUT2D eigenvalue weighted by Crippen LogP contribution is 2.20. The number of likely N-dealkylation sites (N-methyl/N-ethyl adjacent to an activating group) is 1. The molecule has 0 aromatic heterocycles. The van der Waals surface area contributed by atoms with E-state index in [1.807, 2.05) is 22.9 Å². The van der Waals surface area contributed by atoms with Crippen LogP contribution < -0.4 is 10.2 Å². The van der Waals surface area contributed by atoms with Gasteiger partial charge in [0.15, 0.2) is 0 Å². The number of carbonyl (C=O) groups excluding carboxylic acids is 1. The van der Waals surface area contributed by atoms with Gasteiger partial charge in [0.05, 0.1) is 12.2 Å². The van der Waals surface area contributed by atoms with Gasteiger partial charge in [0.2, 0.25) is 5.91 Å². The number of carbonyl (C=O) groups is 1. The predicted molar refractivity (Wildman–Crippen MR) is 93.7 cm³/mol. The predicted octanol–water partition coefficient (Wildman–Crippen LogP) is 1.16. The average molecular weight is 334 g/mol. The molecule has 1 aromatic rings. The molecule has 6 heteroatoms. The van der Waals surface area contributed by atoms with Gasteiger partial charge in [0.1, 0.15) is 5.82 Å². The van der Waals surface area contributed by atoms with Crippen LogP contribution in [0.1, 0.15) is 12.8 Å². The summed E-state index contributed by atoms with van der Waals surface area (Å²) < 4.78 is 13.9. The molecule has 2 saturated heterocycles. The van der Waals surface area contributed by atoms with Crippen LogP contribution in [0.3, 0.4) is 0 Å². The van der Waals surface area contributed by atoms with Crippen molar-refractivity contribution in [2.24, 2.45) is 0 Å². The minimum absolute atomic E-state index is 0.191. The number of nitrogens with one attached hydrogen (secondary N) is 1. The number of likely N-dealkylation sites (tertiary alicyclic amines) is 1. The van der Waals surface area contributed by atoms with Crippen LogP contribution >= 0.6 is 0 Å². The number of piperidine rings is 1. The molecule has 0 bridgehead atoms. The summed E-state index contributed by atoms with van der Waals surface area (Å²) in [6.45, 7) is 5.14. The number of nitrogens with zero attached hydrogens (tertiary/aromatic N) is 3. The summed E-state index contributed by atoms with van der Waals surface area (Å²) in [5.41, 5.74) is 0.637. The third kappa shape index (κ3) is 4.05. The van der Waals surface area contributed by atoms with Crippen molar-refractivity contribution in [3.8, 4) is 0 Å². The number of hydrogen-bond donors (Lipinski definition) is 1. The van der Waals surface area contributed by atoms with Gasteiger partial charge in [-0.2, -0.15) is 0 Å². The molecule has 2 fully saturated rings. The smallest absolute Gasteiger partial charge is 0.236 e. The molecule has 132 valence electrons. The topological polar surface area (TPSA) is 38.8 Å². The molecule has 0 radical (unpaired) electrons. The Morgan fingerprint density at radius 1 is 1.21 bits per heavy atom. The zero-order valence-corrected chi connectivity index (χ0v) is 14.4. The molecule has 5 nitrogen and oxygen atoms in total. The molecule has 1 aromatic carbocycles. The Balaban J connectivity index is 1.49. The number of amides is 1. The summed E-state index contributed by atoms with van der Waals surface area (Å²) in [5.74, 6) is 0.00337. The number of rotatable bonds is 4. The Hall–Kier alpha value is -1.66. The van der Waals surface area contributed by atoms with Crippen molar-refractivity contribution in [3.63, 3.8) is 0 Å². The number of hydrogen-bond acceptors (Lipinski definition) is 4. The zero-order chi connectivity index (χ0) is 16.9. The van der Waals surface area contributed by atoms with Crippen molar-refractivity contribution in [2.75, 3.05) is 57.8 Å². The van der Waals surface area contributed by atoms with Crippen LogP contribution in [0.5, 0.6) is 0 Å². The molecule has 2 aliphatic rings. The molecule has 1 amide bonds. The summed E-state index contributed by atoms with van der Waals surface area (Å²) in [6.07, 6.45) is 2.32. The second-order valence-corrected chi connectivity index (χ2v) is 6.68. The maximum absolute atomic E-state index is 13.9. The number of benzene rings is 1. The van der Waals surface area contributed by atoms with Gasteiger partial charge in [-0.25, -0.2) is 4.39 Å². The molecule has 0 aliphatic carbocycles. The van der Waals surface area contributed by atoms with Gasteiger partial charge in [-0.3, -0.25) is 9.69 Å². The number of halogens is 1. The lowest BCUT2D eigenvalue weighted by molar-refractivity contribution is -0.133. The van der Waals surface area contributed by atoms with E-state index in [9.17, 15) is 9.18 Å². The zero-order valence-electron chi connectivity index (χ0n) is 14.4. The van der Waals surface area contributed by atoms with E-state index >= 15 is 0 Å². The van der Waals surface area contributed by atoms with Crippen LogP contribution in [0.15, 0.2) is 24.3 Å². The molecule has 0 spiro atoms. The van der Waals surface area contributed by atoms with Gasteiger partial charge in [-0.05, 0) is 38.6 Å². The lowest BCUT2D eigenvalue weighted by Gasteiger charge is -2.38. The van der Waals surface area contributed by atoms with Crippen LogP contribution in [0.25, 0.3) is 0 Å². The average Bonchev–Trinajstić information content (AvgIpc) is 2.62. The molecule has 2 heterocycles. The Morgan fingerprint density at radius 2 is 1.96 bits per heavy atom. The normalized spacial score (nSPS) is 22.7. The van der Waals surface area contributed by atoms with Crippen LogP contribution in [0.4, 0.5) is 10.1 Å². The lowest BCUT2D eigenvalue weighted by atomic mass is 10.1. The maximum Gasteiger partial charge on any atom is 0.236 e. The third-order valence-corrected chi connectivity index (χ3v) is 5.10. The summed E-state index contributed by atoms with van der Waals surface area (Å²) in [5, 5.41) is 3.31. The second kappa shape index (κ2) is 7.94. The molecular weight excluding hydrogens is 307 g/mol. The molecule has 2 aliphatic heterocycles. The van der Waals surface area contributed by atoms with Gasteiger partial charge in [-0.1, -0.05) is 12.1 Å². The minimum atomic E-state index is -0.191. The van der Waals surface area contributed by atoms with Gasteiger partial charge in [0.25, 0.3) is 0 Å². The van der Waals surface area contributed by atoms with E-state index in [4.69, 9.17) is 0 Å². The Labute approximate surface area is 143 Å². The Kier molecular flexibility index (Phi) is 5.68. The van der Waals surface area contributed by atoms with Crippen molar-refractivity contribution in [3.05, 3.63) is 30.1 Å². The van der Waals surface area contributed by atoms with Crippen LogP contribution in [-0.2, 0) is 4.79 Å². The second-order valence-electron chi connectivity index (χ2n) is 6.68. The van der Waals surface area contributed by atoms with Gasteiger partial charge < -0.3 is 15.1 Å². The fourth-order valence-electron chi connectivity index (χ4n) is 3.63. The van der Waals surface area contributed by atoms with E-state index in [0.717, 1.165) is 19.5 Å². The van der Waals surface area contributed by atoms with Crippen LogP contribution in [0, 0.1) is 5.82 Å². The van der Waals surface area contributed by atoms with E-state index in [0.29, 0.717) is 44.5 Å². The van der Waals surface area contributed by atoms with Crippen LogP contribution in [0.2, 0.25) is 0 Å². The molecule has 24 heavy (non-hydrogen) atoms. The van der Waals surface area contributed by atoms with Gasteiger partial charge >= 0.3 is 0 Å². The largest absolute Gasteiger partial charge is 0.366 e. The van der Waals surface area contributed by atoms with Crippen molar-refractivity contribution in [2.45, 2.75) is 18.9 Å². The molecule has 0 saturated carbocycles. The first-order chi connectivity index (χ1) is 11.7. The SMILES string of the molecule is CNC1CCCN(CC(=O)N2CCN(c3ccccc3F)CC2)C1. The minimum Gasteiger partial charge on any atom is -0.366 e. The summed E-state index contributed by atoms with van der Waals surface area (Å²) in [4.78, 5) is 18.7. The van der Waals surface area contributed by atoms with Crippen molar-refractivity contribution in [1.29, 1.82) is 0 Å². The molecule has 1 N–H and O–H groups in total. The Morgan fingerprint density at radius 3 is 2.67 bits per heavy atom. The van der Waals surface area contributed by atoms with Gasteiger partial charge in [-0.15, -0.1) is 0 Å². The summed E-state index contributed by atoms with van der Waals surface area (Å²) in [7, 11) is 1.98. The number of para-hydroxylation sites is 1. The highest BCUT2D eigenvalue weighted by atomic mass is 19.1. The van der Waals surface area contributed by atoms with E-state index < -0.39 is 0 Å². The first kappa shape index (κ1) is 17.2. The van der Waals surface area contributed by atoms with E-state index in [1.165, 1.54) is 12.5 Å². The standard InChI is InChI=1S/C18H27FN4O/c1-20-15-5-4-8-21(13-15)14-18(24)23-11-9-22(10-12-23)17-7-3-2-6-16(17)19/h2-3,6-7,15,20H,4-5,8-14H2,1H3. The summed E-state index contributed by atoms with van der Waals surface area (Å²) >= 11 is 0. The highest BCUT2D eigenvalue weighted by Gasteiger charge is 2.26. The third-order valence-electron chi connectivity index (χ3n) is 5.10. The first-order valence-corrected chi connectivity index (χ1v) is 8.84. The van der Waals surface area contributed by atoms with Crippen LogP contribution in [-0.4, -0.2) is 74.6 Å². The lowest BCUT2D eigenvalue weighted by Crippen LogP contribution is -2.53. The number of anilines is 1. The molecule has 3 rings (SSSR count). The van der Waals surface area contributed by atoms with E-state index in [1.54, 1.807) is 12.1 Å². The quantitative estimate of drug-likeness (QED) is 0.897. The summed E-state index contributed by atoms with van der Waals surface area (Å²) in [6, 6.07) is 7.34. The molecular formula is C18H27FN4O.